The van der Waals surface area contributed by atoms with E-state index in [1.54, 1.807) is 25.3 Å². The molecule has 5 fully saturated rings. The number of hydrogen-bond acceptors (Lipinski definition) is 5. The number of carbonyl (C=O) groups is 3. The van der Waals surface area contributed by atoms with Crippen molar-refractivity contribution < 1.29 is 23.9 Å². The number of methoxy groups -OCH3 is 1. The molecule has 5 aliphatic rings. The minimum Gasteiger partial charge on any atom is -0.493 e. The van der Waals surface area contributed by atoms with Crippen molar-refractivity contribution in [3.05, 3.63) is 35.9 Å². The van der Waals surface area contributed by atoms with Crippen molar-refractivity contribution in [3.63, 3.8) is 0 Å². The monoisotopic (exact) mass is 588 g/mol. The number of rotatable bonds is 5. The molecule has 0 amide bonds. The standard InChI is InChI=1S/C38H52O5/c1-23(2)25-13-18-38(33(41)43-27-11-9-24(22-39)21-28(27)42-8)20-19-36(6)26(32(25)38)10-12-30-35(5)16-15-31(40)34(3,4)29(35)14-17-37(30,36)7/h9,11,21-22,25-26,29-30,32H,1,10,12-20H2,2-8H3/t25-,26+,29-,30+,32+,35-,36+,37+,38-/m0/s1. The highest BCUT2D eigenvalue weighted by Gasteiger charge is 2.72. The largest absolute Gasteiger partial charge is 0.493 e. The van der Waals surface area contributed by atoms with Gasteiger partial charge in [-0.05, 0) is 129 Å². The first kappa shape index (κ1) is 30.6. The molecular formula is C38H52O5. The normalized spacial score (nSPS) is 43.0. The van der Waals surface area contributed by atoms with Gasteiger partial charge in [0, 0.05) is 17.4 Å². The van der Waals surface area contributed by atoms with Crippen LogP contribution in [0, 0.1) is 56.7 Å². The van der Waals surface area contributed by atoms with Gasteiger partial charge in [-0.25, -0.2) is 0 Å². The fraction of sp³-hybridized carbons (Fsp3) is 0.711. The fourth-order valence-electron chi connectivity index (χ4n) is 12.3. The van der Waals surface area contributed by atoms with E-state index >= 15 is 0 Å². The molecule has 5 aliphatic carbocycles. The third-order valence-corrected chi connectivity index (χ3v) is 14.7. The third-order valence-electron chi connectivity index (χ3n) is 14.7. The van der Waals surface area contributed by atoms with Crippen LogP contribution in [-0.2, 0) is 9.59 Å². The van der Waals surface area contributed by atoms with Crippen LogP contribution in [0.3, 0.4) is 0 Å². The van der Waals surface area contributed by atoms with Crippen molar-refractivity contribution in [2.24, 2.45) is 56.7 Å². The van der Waals surface area contributed by atoms with E-state index < -0.39 is 5.41 Å². The molecule has 234 valence electrons. The summed E-state index contributed by atoms with van der Waals surface area (Å²) in [5.74, 6) is 3.03. The lowest BCUT2D eigenvalue weighted by molar-refractivity contribution is -0.234. The van der Waals surface area contributed by atoms with E-state index in [0.29, 0.717) is 52.9 Å². The molecule has 43 heavy (non-hydrogen) atoms. The molecular weight excluding hydrogens is 536 g/mol. The Labute approximate surface area is 258 Å². The molecule has 0 bridgehead atoms. The Morgan fingerprint density at radius 1 is 0.907 bits per heavy atom. The second-order valence-electron chi connectivity index (χ2n) is 16.4. The van der Waals surface area contributed by atoms with Crippen molar-refractivity contribution in [1.82, 2.24) is 0 Å². The van der Waals surface area contributed by atoms with Gasteiger partial charge < -0.3 is 9.47 Å². The Morgan fingerprint density at radius 3 is 2.33 bits per heavy atom. The summed E-state index contributed by atoms with van der Waals surface area (Å²) in [4.78, 5) is 38.9. The Morgan fingerprint density at radius 2 is 1.65 bits per heavy atom. The molecule has 5 heteroatoms. The van der Waals surface area contributed by atoms with E-state index in [-0.39, 0.29) is 33.5 Å². The topological polar surface area (TPSA) is 69.7 Å². The Balaban J connectivity index is 1.37. The van der Waals surface area contributed by atoms with Gasteiger partial charge in [0.2, 0.25) is 0 Å². The summed E-state index contributed by atoms with van der Waals surface area (Å²) in [6, 6.07) is 4.99. The maximum atomic E-state index is 14.4. The van der Waals surface area contributed by atoms with Gasteiger partial charge in [-0.1, -0.05) is 46.8 Å². The van der Waals surface area contributed by atoms with Crippen molar-refractivity contribution in [2.75, 3.05) is 7.11 Å². The molecule has 0 unspecified atom stereocenters. The summed E-state index contributed by atoms with van der Waals surface area (Å²) in [6.45, 7) is 18.7. The second-order valence-corrected chi connectivity index (χ2v) is 16.4. The van der Waals surface area contributed by atoms with Crippen LogP contribution in [0.15, 0.2) is 30.4 Å². The first-order chi connectivity index (χ1) is 20.2. The number of Topliss-reactive ketones (excluding diaryl/α,β-unsaturated/α-hetero) is 1. The molecule has 0 spiro atoms. The van der Waals surface area contributed by atoms with Crippen LogP contribution in [0.2, 0.25) is 0 Å². The minimum atomic E-state index is -0.550. The van der Waals surface area contributed by atoms with E-state index in [1.165, 1.54) is 12.0 Å². The van der Waals surface area contributed by atoms with Gasteiger partial charge in [0.05, 0.1) is 12.5 Å². The van der Waals surface area contributed by atoms with Gasteiger partial charge in [-0.15, -0.1) is 0 Å². The number of fused-ring (bicyclic) bond motifs is 7. The zero-order chi connectivity index (χ0) is 31.2. The van der Waals surface area contributed by atoms with Crippen LogP contribution >= 0.6 is 0 Å². The number of benzene rings is 1. The number of ketones is 1. The molecule has 0 aliphatic heterocycles. The smallest absolute Gasteiger partial charge is 0.317 e. The summed E-state index contributed by atoms with van der Waals surface area (Å²) in [5.41, 5.74) is 1.30. The number of ether oxygens (including phenoxy) is 2. The van der Waals surface area contributed by atoms with Crippen LogP contribution in [0.1, 0.15) is 116 Å². The average Bonchev–Trinajstić information content (AvgIpc) is 3.37. The lowest BCUT2D eigenvalue weighted by atomic mass is 9.32. The fourth-order valence-corrected chi connectivity index (χ4v) is 12.3. The van der Waals surface area contributed by atoms with Crippen molar-refractivity contribution in [2.45, 2.75) is 106 Å². The Kier molecular flexibility index (Phi) is 7.14. The van der Waals surface area contributed by atoms with Gasteiger partial charge in [-0.3, -0.25) is 14.4 Å². The summed E-state index contributed by atoms with van der Waals surface area (Å²) >= 11 is 0. The average molecular weight is 589 g/mol. The highest BCUT2D eigenvalue weighted by molar-refractivity contribution is 5.85. The van der Waals surface area contributed by atoms with Gasteiger partial charge in [0.15, 0.2) is 11.5 Å². The predicted octanol–water partition coefficient (Wildman–Crippen LogP) is 8.64. The molecule has 0 aromatic heterocycles. The number of hydrogen-bond donors (Lipinski definition) is 0. The highest BCUT2D eigenvalue weighted by Crippen LogP contribution is 2.77. The number of aldehydes is 1. The molecule has 1 aromatic rings. The quantitative estimate of drug-likeness (QED) is 0.149. The molecule has 5 nitrogen and oxygen atoms in total. The molecule has 0 heterocycles. The maximum absolute atomic E-state index is 14.4. The molecule has 9 atom stereocenters. The minimum absolute atomic E-state index is 0.102. The van der Waals surface area contributed by atoms with Crippen LogP contribution in [0.25, 0.3) is 0 Å². The molecule has 1 aromatic carbocycles. The van der Waals surface area contributed by atoms with Crippen LogP contribution in [0.4, 0.5) is 0 Å². The molecule has 5 saturated carbocycles. The molecule has 0 N–H and O–H groups in total. The van der Waals surface area contributed by atoms with Crippen molar-refractivity contribution in [1.29, 1.82) is 0 Å². The van der Waals surface area contributed by atoms with Gasteiger partial charge in [0.25, 0.3) is 0 Å². The zero-order valence-electron chi connectivity index (χ0n) is 27.5. The summed E-state index contributed by atoms with van der Waals surface area (Å²) in [6.07, 6.45) is 10.7. The molecule has 0 radical (unpaired) electrons. The summed E-state index contributed by atoms with van der Waals surface area (Å²) < 4.78 is 11.8. The number of esters is 1. The summed E-state index contributed by atoms with van der Waals surface area (Å²) in [7, 11) is 1.54. The van der Waals surface area contributed by atoms with E-state index in [2.05, 4.69) is 48.1 Å². The van der Waals surface area contributed by atoms with Crippen LogP contribution in [-0.4, -0.2) is 25.1 Å². The van der Waals surface area contributed by atoms with E-state index in [0.717, 1.165) is 57.7 Å². The van der Waals surface area contributed by atoms with Crippen LogP contribution in [0.5, 0.6) is 11.5 Å². The second kappa shape index (κ2) is 10.0. The first-order valence-electron chi connectivity index (χ1n) is 16.7. The number of allylic oxidation sites excluding steroid dienone is 1. The van der Waals surface area contributed by atoms with Crippen molar-refractivity contribution in [3.8, 4) is 11.5 Å². The number of carbonyl (C=O) groups excluding carboxylic acids is 3. The SMILES string of the molecule is C=C(C)[C@@H]1CC[C@]2(C(=O)Oc3ccc(C=O)cc3OC)CC[C@]3(C)[C@H](CC[C@@H]4[C@@]5(C)CCC(=O)C(C)(C)[C@@H]5CC[C@]43C)[C@@H]12. The molecule has 6 rings (SSSR count). The maximum Gasteiger partial charge on any atom is 0.317 e. The summed E-state index contributed by atoms with van der Waals surface area (Å²) in [5, 5.41) is 0. The molecule has 0 saturated heterocycles. The van der Waals surface area contributed by atoms with Crippen molar-refractivity contribution >= 4 is 18.0 Å². The predicted molar refractivity (Wildman–Crippen MR) is 168 cm³/mol. The van der Waals surface area contributed by atoms with E-state index in [1.807, 2.05) is 0 Å². The third kappa shape index (κ3) is 4.04. The first-order valence-corrected chi connectivity index (χ1v) is 16.7. The Hall–Kier alpha value is -2.43. The van der Waals surface area contributed by atoms with Gasteiger partial charge in [-0.2, -0.15) is 0 Å². The van der Waals surface area contributed by atoms with Gasteiger partial charge >= 0.3 is 5.97 Å². The van der Waals surface area contributed by atoms with E-state index in [9.17, 15) is 14.4 Å². The Bertz CT molecular complexity index is 1360. The van der Waals surface area contributed by atoms with Crippen LogP contribution < -0.4 is 9.47 Å². The lowest BCUT2D eigenvalue weighted by Crippen LogP contribution is -2.66. The highest BCUT2D eigenvalue weighted by atomic mass is 16.6. The van der Waals surface area contributed by atoms with Gasteiger partial charge in [0.1, 0.15) is 12.1 Å². The lowest BCUT2D eigenvalue weighted by Gasteiger charge is -2.72. The zero-order valence-corrected chi connectivity index (χ0v) is 27.5. The van der Waals surface area contributed by atoms with E-state index in [4.69, 9.17) is 9.47 Å².